The van der Waals surface area contributed by atoms with Crippen molar-refractivity contribution in [3.63, 3.8) is 0 Å². The number of benzene rings is 1. The molecule has 31 heavy (non-hydrogen) atoms. The molecule has 2 saturated heterocycles. The van der Waals surface area contributed by atoms with Gasteiger partial charge < -0.3 is 10.5 Å². The molecule has 168 valence electrons. The van der Waals surface area contributed by atoms with Crippen LogP contribution in [0.1, 0.15) is 50.6 Å². The van der Waals surface area contributed by atoms with Gasteiger partial charge in [0, 0.05) is 24.2 Å². The van der Waals surface area contributed by atoms with Crippen LogP contribution in [0.25, 0.3) is 10.9 Å². The van der Waals surface area contributed by atoms with Crippen LogP contribution in [-0.2, 0) is 14.8 Å². The Kier molecular flexibility index (Phi) is 5.62. The average molecular weight is 446 g/mol. The van der Waals surface area contributed by atoms with Crippen LogP contribution in [0.2, 0.25) is 0 Å². The third-order valence-corrected chi connectivity index (χ3v) is 9.54. The lowest BCUT2D eigenvalue weighted by Gasteiger charge is -2.37. The summed E-state index contributed by atoms with van der Waals surface area (Å²) in [5.74, 6) is 0.198. The molecule has 3 fully saturated rings. The number of piperidine rings is 1. The number of nitrogens with two attached hydrogens (primary N) is 1. The summed E-state index contributed by atoms with van der Waals surface area (Å²) in [6.07, 6.45) is 5.73. The maximum absolute atomic E-state index is 12.6. The molecule has 0 bridgehead atoms. The van der Waals surface area contributed by atoms with E-state index in [1.54, 1.807) is 4.31 Å². The maximum Gasteiger partial charge on any atom is 0.216 e. The largest absolute Gasteiger partial charge is 0.377 e. The molecule has 0 amide bonds. The third kappa shape index (κ3) is 3.92. The number of hydrogen-bond donors (Lipinski definition) is 1. The van der Waals surface area contributed by atoms with E-state index in [1.165, 1.54) is 0 Å². The normalized spacial score (nSPS) is 23.6. The Hall–Kier alpha value is -1.81. The van der Waals surface area contributed by atoms with Crippen molar-refractivity contribution in [3.8, 4) is 0 Å². The number of aliphatic imine (C=N–C) groups is 1. The molecular weight excluding hydrogens is 414 g/mol. The highest BCUT2D eigenvalue weighted by atomic mass is 32.2. The monoisotopic (exact) mass is 445 g/mol. The molecule has 2 aliphatic heterocycles. The zero-order chi connectivity index (χ0) is 21.6. The Bertz CT molecular complexity index is 1080. The van der Waals surface area contributed by atoms with Crippen molar-refractivity contribution in [1.29, 1.82) is 0 Å². The van der Waals surface area contributed by atoms with E-state index in [1.807, 2.05) is 17.8 Å². The molecule has 1 aromatic heterocycles. The number of rotatable bonds is 6. The van der Waals surface area contributed by atoms with Gasteiger partial charge in [-0.1, -0.05) is 18.6 Å². The topological polar surface area (TPSA) is 103 Å². The van der Waals surface area contributed by atoms with Crippen LogP contribution in [-0.4, -0.2) is 65.9 Å². The molecule has 3 aliphatic rings. The molecule has 1 saturated carbocycles. The van der Waals surface area contributed by atoms with Gasteiger partial charge in [-0.3, -0.25) is 9.67 Å². The quantitative estimate of drug-likeness (QED) is 0.687. The van der Waals surface area contributed by atoms with E-state index in [0.29, 0.717) is 32.3 Å². The number of ether oxygens (including phenoxy) is 1. The van der Waals surface area contributed by atoms with E-state index in [-0.39, 0.29) is 17.3 Å². The van der Waals surface area contributed by atoms with Crippen LogP contribution in [0.4, 0.5) is 0 Å². The Balaban J connectivity index is 1.26. The number of nitrogens with zero attached hydrogens (tertiary/aromatic N) is 4. The SMILES string of the molecule is C/C(=N\C(N)C1CCN(S(=O)(=O)C2CCC2)CC1)c1ccc2cnn(C3COC3)c2c1. The van der Waals surface area contributed by atoms with Gasteiger partial charge in [-0.05, 0) is 50.2 Å². The standard InChI is InChI=1S/C22H31N5O3S/c1-15(17-5-6-18-12-24-27(21(18)11-17)19-13-30-14-19)25-22(23)16-7-9-26(10-8-16)31(28,29)20-3-2-4-20/h5-6,11-12,16,19-20,22H,2-4,7-10,13-14,23H2,1H3/b25-15+. The van der Waals surface area contributed by atoms with Gasteiger partial charge in [0.15, 0.2) is 0 Å². The molecule has 1 unspecified atom stereocenters. The van der Waals surface area contributed by atoms with Crippen molar-refractivity contribution in [2.24, 2.45) is 16.6 Å². The van der Waals surface area contributed by atoms with E-state index in [0.717, 1.165) is 54.3 Å². The summed E-state index contributed by atoms with van der Waals surface area (Å²) in [6.45, 7) is 4.51. The molecule has 0 spiro atoms. The minimum atomic E-state index is -3.12. The number of aromatic nitrogens is 2. The van der Waals surface area contributed by atoms with E-state index >= 15 is 0 Å². The molecule has 0 radical (unpaired) electrons. The van der Waals surface area contributed by atoms with Crippen molar-refractivity contribution in [3.05, 3.63) is 30.0 Å². The van der Waals surface area contributed by atoms with Crippen LogP contribution >= 0.6 is 0 Å². The van der Waals surface area contributed by atoms with Crippen molar-refractivity contribution >= 4 is 26.6 Å². The van der Waals surface area contributed by atoms with Gasteiger partial charge in [-0.25, -0.2) is 12.7 Å². The Labute approximate surface area is 183 Å². The van der Waals surface area contributed by atoms with Gasteiger partial charge in [0.1, 0.15) is 6.17 Å². The summed E-state index contributed by atoms with van der Waals surface area (Å²) in [4.78, 5) is 4.79. The van der Waals surface area contributed by atoms with E-state index in [2.05, 4.69) is 23.3 Å². The Morgan fingerprint density at radius 1 is 1.23 bits per heavy atom. The second-order valence-corrected chi connectivity index (χ2v) is 11.3. The summed E-state index contributed by atoms with van der Waals surface area (Å²) < 4.78 is 34.3. The van der Waals surface area contributed by atoms with Crippen molar-refractivity contribution in [2.75, 3.05) is 26.3 Å². The molecule has 1 atom stereocenters. The zero-order valence-electron chi connectivity index (χ0n) is 18.0. The molecule has 8 nitrogen and oxygen atoms in total. The second kappa shape index (κ2) is 8.27. The Morgan fingerprint density at radius 2 is 1.97 bits per heavy atom. The fraction of sp³-hybridized carbons (Fsp3) is 0.636. The van der Waals surface area contributed by atoms with E-state index in [9.17, 15) is 8.42 Å². The van der Waals surface area contributed by atoms with Gasteiger partial charge >= 0.3 is 0 Å². The predicted molar refractivity (Wildman–Crippen MR) is 121 cm³/mol. The Morgan fingerprint density at radius 3 is 2.58 bits per heavy atom. The second-order valence-electron chi connectivity index (χ2n) is 9.09. The first-order valence-corrected chi connectivity index (χ1v) is 12.8. The molecule has 1 aliphatic carbocycles. The van der Waals surface area contributed by atoms with Crippen LogP contribution in [0.15, 0.2) is 29.4 Å². The molecule has 5 rings (SSSR count). The summed E-state index contributed by atoms with van der Waals surface area (Å²) in [7, 11) is -3.12. The van der Waals surface area contributed by atoms with Crippen LogP contribution in [0, 0.1) is 5.92 Å². The molecule has 2 N–H and O–H groups in total. The zero-order valence-corrected chi connectivity index (χ0v) is 18.8. The highest BCUT2D eigenvalue weighted by Gasteiger charge is 2.38. The molecule has 9 heteroatoms. The van der Waals surface area contributed by atoms with Gasteiger partial charge in [0.2, 0.25) is 10.0 Å². The van der Waals surface area contributed by atoms with Crippen LogP contribution in [0.3, 0.4) is 0 Å². The lowest BCUT2D eigenvalue weighted by molar-refractivity contribution is -0.0266. The van der Waals surface area contributed by atoms with Crippen molar-refractivity contribution < 1.29 is 13.2 Å². The molecule has 1 aromatic carbocycles. The smallest absolute Gasteiger partial charge is 0.216 e. The predicted octanol–water partition coefficient (Wildman–Crippen LogP) is 2.30. The minimum Gasteiger partial charge on any atom is -0.377 e. The third-order valence-electron chi connectivity index (χ3n) is 7.14. The summed E-state index contributed by atoms with van der Waals surface area (Å²) in [6, 6.07) is 6.56. The van der Waals surface area contributed by atoms with E-state index < -0.39 is 10.0 Å². The highest BCUT2D eigenvalue weighted by Crippen LogP contribution is 2.32. The van der Waals surface area contributed by atoms with Crippen molar-refractivity contribution in [1.82, 2.24) is 14.1 Å². The number of sulfonamides is 1. The summed E-state index contributed by atoms with van der Waals surface area (Å²) >= 11 is 0. The number of hydrogen-bond acceptors (Lipinski definition) is 6. The summed E-state index contributed by atoms with van der Waals surface area (Å²) in [5, 5.41) is 5.47. The van der Waals surface area contributed by atoms with Crippen LogP contribution < -0.4 is 5.73 Å². The van der Waals surface area contributed by atoms with Crippen LogP contribution in [0.5, 0.6) is 0 Å². The highest BCUT2D eigenvalue weighted by molar-refractivity contribution is 7.89. The number of fused-ring (bicyclic) bond motifs is 1. The minimum absolute atomic E-state index is 0.159. The fourth-order valence-corrected chi connectivity index (χ4v) is 6.74. The first kappa shape index (κ1) is 21.1. The lowest BCUT2D eigenvalue weighted by Crippen LogP contribution is -2.47. The summed E-state index contributed by atoms with van der Waals surface area (Å²) in [5.41, 5.74) is 9.47. The van der Waals surface area contributed by atoms with Gasteiger partial charge in [0.05, 0.1) is 36.2 Å². The lowest BCUT2D eigenvalue weighted by atomic mass is 9.95. The van der Waals surface area contributed by atoms with Crippen molar-refractivity contribution in [2.45, 2.75) is 56.5 Å². The van der Waals surface area contributed by atoms with Gasteiger partial charge in [-0.15, -0.1) is 0 Å². The molecule has 3 heterocycles. The molecular formula is C22H31N5O3S. The first-order valence-electron chi connectivity index (χ1n) is 11.3. The average Bonchev–Trinajstić information content (AvgIpc) is 3.08. The maximum atomic E-state index is 12.6. The fourth-order valence-electron chi connectivity index (χ4n) is 4.67. The van der Waals surface area contributed by atoms with Gasteiger partial charge in [-0.2, -0.15) is 5.10 Å². The van der Waals surface area contributed by atoms with E-state index in [4.69, 9.17) is 15.5 Å². The molecule has 2 aromatic rings. The van der Waals surface area contributed by atoms with Gasteiger partial charge in [0.25, 0.3) is 0 Å². The first-order chi connectivity index (χ1) is 14.9.